The Labute approximate surface area is 325 Å². The smallest absolute Gasteiger partial charge is 0.311 e. The summed E-state index contributed by atoms with van der Waals surface area (Å²) in [7, 11) is 0. The molecule has 4 aliphatic carbocycles. The van der Waals surface area contributed by atoms with Gasteiger partial charge in [0.05, 0.1) is 6.42 Å². The number of benzene rings is 1. The zero-order valence-electron chi connectivity index (χ0n) is 34.0. The number of allylic oxidation sites excluding steroid dienone is 1. The van der Waals surface area contributed by atoms with Crippen LogP contribution in [0.1, 0.15) is 135 Å². The number of aryl methyl sites for hydroxylation is 2. The summed E-state index contributed by atoms with van der Waals surface area (Å²) >= 11 is 0. The van der Waals surface area contributed by atoms with Crippen molar-refractivity contribution in [3.8, 4) is 5.75 Å². The second-order valence-electron chi connectivity index (χ2n) is 17.6. The van der Waals surface area contributed by atoms with E-state index in [0.29, 0.717) is 29.9 Å². The monoisotopic (exact) mass is 764 g/mol. The minimum Gasteiger partial charge on any atom is -0.462 e. The molecule has 11 nitrogen and oxygen atoms in total. The first kappa shape index (κ1) is 42.1. The van der Waals surface area contributed by atoms with Crippen LogP contribution >= 0.6 is 0 Å². The lowest BCUT2D eigenvalue weighted by molar-refractivity contribution is -0.165. The van der Waals surface area contributed by atoms with E-state index in [9.17, 15) is 28.8 Å². The van der Waals surface area contributed by atoms with Gasteiger partial charge in [0.25, 0.3) is 0 Å². The van der Waals surface area contributed by atoms with Gasteiger partial charge >= 0.3 is 29.8 Å². The van der Waals surface area contributed by atoms with Gasteiger partial charge in [0.1, 0.15) is 25.1 Å². The highest BCUT2D eigenvalue weighted by molar-refractivity contribution is 5.91. The Morgan fingerprint density at radius 1 is 0.836 bits per heavy atom. The van der Waals surface area contributed by atoms with Crippen LogP contribution in [0, 0.1) is 42.4 Å². The normalized spacial score (nSPS) is 27.2. The Balaban J connectivity index is 1.18. The highest BCUT2D eigenvalue weighted by atomic mass is 16.6. The second-order valence-corrected chi connectivity index (χ2v) is 17.6. The third-order valence-electron chi connectivity index (χ3n) is 13.1. The first-order chi connectivity index (χ1) is 25.8. The molecule has 11 heteroatoms. The zero-order valence-corrected chi connectivity index (χ0v) is 34.0. The molecule has 4 unspecified atom stereocenters. The minimum atomic E-state index is -0.969. The molecule has 0 aromatic heterocycles. The van der Waals surface area contributed by atoms with Gasteiger partial charge in [-0.15, -0.1) is 0 Å². The Morgan fingerprint density at radius 2 is 1.51 bits per heavy atom. The highest BCUT2D eigenvalue weighted by Gasteiger charge is 2.60. The summed E-state index contributed by atoms with van der Waals surface area (Å²) in [6, 6.07) is 3.80. The minimum absolute atomic E-state index is 0.0687. The van der Waals surface area contributed by atoms with E-state index in [2.05, 4.69) is 13.8 Å². The van der Waals surface area contributed by atoms with Crippen molar-refractivity contribution < 1.29 is 52.5 Å². The maximum Gasteiger partial charge on any atom is 0.311 e. The molecule has 0 radical (unpaired) electrons. The maximum absolute atomic E-state index is 13.8. The molecule has 55 heavy (non-hydrogen) atoms. The van der Waals surface area contributed by atoms with Crippen LogP contribution < -0.4 is 4.74 Å². The van der Waals surface area contributed by atoms with Crippen LogP contribution in [0.25, 0.3) is 0 Å². The third-order valence-corrected chi connectivity index (χ3v) is 13.1. The van der Waals surface area contributed by atoms with Gasteiger partial charge in [0.15, 0.2) is 11.9 Å². The number of rotatable bonds is 14. The third kappa shape index (κ3) is 9.69. The molecular weight excluding hydrogens is 704 g/mol. The lowest BCUT2D eigenvalue weighted by atomic mass is 9.47. The molecule has 4 aliphatic rings. The van der Waals surface area contributed by atoms with E-state index in [0.717, 1.165) is 61.6 Å². The molecule has 1 aromatic carbocycles. The highest BCUT2D eigenvalue weighted by Crippen LogP contribution is 2.65. The number of hydrogen-bond donors (Lipinski definition) is 0. The number of ether oxygens (including phenoxy) is 5. The van der Waals surface area contributed by atoms with E-state index in [1.165, 1.54) is 19.4 Å². The van der Waals surface area contributed by atoms with Crippen LogP contribution in [0.3, 0.4) is 0 Å². The molecule has 6 atom stereocenters. The first-order valence-corrected chi connectivity index (χ1v) is 20.0. The fourth-order valence-corrected chi connectivity index (χ4v) is 10.6. The number of ketones is 1. The molecule has 3 fully saturated rings. The van der Waals surface area contributed by atoms with Crippen LogP contribution in [0.5, 0.6) is 5.75 Å². The molecule has 0 aliphatic heterocycles. The van der Waals surface area contributed by atoms with Crippen molar-refractivity contribution in [2.24, 2.45) is 28.6 Å². The Bertz CT molecular complexity index is 1690. The average Bonchev–Trinajstić information content (AvgIpc) is 3.40. The Kier molecular flexibility index (Phi) is 13.0. The largest absolute Gasteiger partial charge is 0.462 e. The van der Waals surface area contributed by atoms with Crippen LogP contribution in [-0.2, 0) is 53.1 Å². The van der Waals surface area contributed by atoms with Crippen LogP contribution in [-0.4, -0.2) is 61.1 Å². The lowest BCUT2D eigenvalue weighted by Crippen LogP contribution is -2.51. The number of esters is 5. The predicted octanol–water partition coefficient (Wildman–Crippen LogP) is 7.53. The van der Waals surface area contributed by atoms with Crippen molar-refractivity contribution >= 4 is 35.6 Å². The summed E-state index contributed by atoms with van der Waals surface area (Å²) in [6.45, 7) is 14.4. The van der Waals surface area contributed by atoms with Crippen LogP contribution in [0.4, 0.5) is 0 Å². The molecule has 1 aromatic rings. The number of carbonyl (C=O) groups is 6. The molecule has 0 heterocycles. The molecule has 0 saturated heterocycles. The first-order valence-electron chi connectivity index (χ1n) is 20.0. The van der Waals surface area contributed by atoms with Crippen LogP contribution in [0.2, 0.25) is 0 Å². The van der Waals surface area contributed by atoms with Gasteiger partial charge in [-0.1, -0.05) is 39.3 Å². The van der Waals surface area contributed by atoms with E-state index in [4.69, 9.17) is 23.7 Å². The van der Waals surface area contributed by atoms with E-state index >= 15 is 0 Å². The quantitative estimate of drug-likeness (QED) is 0.105. The average molecular weight is 765 g/mol. The summed E-state index contributed by atoms with van der Waals surface area (Å²) in [5, 5.41) is 0. The summed E-state index contributed by atoms with van der Waals surface area (Å²) in [6.07, 6.45) is 8.57. The zero-order chi connectivity index (χ0) is 40.3. The summed E-state index contributed by atoms with van der Waals surface area (Å²) in [4.78, 5) is 74.1. The van der Waals surface area contributed by atoms with Gasteiger partial charge in [0.2, 0.25) is 0 Å². The molecule has 0 spiro atoms. The van der Waals surface area contributed by atoms with E-state index in [-0.39, 0.29) is 67.6 Å². The molecular formula is C44H60O11. The Hall–Kier alpha value is -4.02. The van der Waals surface area contributed by atoms with E-state index < -0.39 is 35.4 Å². The van der Waals surface area contributed by atoms with Gasteiger partial charge in [-0.3, -0.25) is 28.8 Å². The molecule has 0 amide bonds. The van der Waals surface area contributed by atoms with Crippen molar-refractivity contribution in [3.63, 3.8) is 0 Å². The summed E-state index contributed by atoms with van der Waals surface area (Å²) < 4.78 is 27.4. The number of fused-ring (bicyclic) bond motifs is 5. The van der Waals surface area contributed by atoms with Crippen molar-refractivity contribution in [3.05, 3.63) is 40.5 Å². The predicted molar refractivity (Wildman–Crippen MR) is 203 cm³/mol. The second kappa shape index (κ2) is 17.0. The van der Waals surface area contributed by atoms with E-state index in [1.54, 1.807) is 6.07 Å². The SMILES string of the molecule is CC(=O)OCC(COC(C)=O)OC(=O)CCCC(=O)Oc1cc(C)cc(C)c1C(C)(C)CC(=O)OC1CC[C@H]2C3CCC4=CC(=O)CCC4(C)[C@H]3CCC12C. The number of carbonyl (C=O) groups excluding carboxylic acids is 6. The Morgan fingerprint density at radius 3 is 2.18 bits per heavy atom. The fraction of sp³-hybridized carbons (Fsp3) is 0.682. The molecule has 3 saturated carbocycles. The fourth-order valence-electron chi connectivity index (χ4n) is 10.6. The summed E-state index contributed by atoms with van der Waals surface area (Å²) in [5.74, 6) is -0.294. The van der Waals surface area contributed by atoms with Crippen molar-refractivity contribution in [2.75, 3.05) is 13.2 Å². The van der Waals surface area contributed by atoms with Gasteiger partial charge < -0.3 is 23.7 Å². The van der Waals surface area contributed by atoms with E-state index in [1.807, 2.05) is 39.8 Å². The van der Waals surface area contributed by atoms with Gasteiger partial charge in [-0.25, -0.2) is 0 Å². The van der Waals surface area contributed by atoms with Gasteiger partial charge in [-0.05, 0) is 112 Å². The lowest BCUT2D eigenvalue weighted by Gasteiger charge is -2.57. The maximum atomic E-state index is 13.8. The summed E-state index contributed by atoms with van der Waals surface area (Å²) in [5.41, 5.74) is 3.20. The molecule has 5 rings (SSSR count). The topological polar surface area (TPSA) is 149 Å². The van der Waals surface area contributed by atoms with Gasteiger partial charge in [0, 0.05) is 49.5 Å². The van der Waals surface area contributed by atoms with Crippen molar-refractivity contribution in [1.29, 1.82) is 0 Å². The van der Waals surface area contributed by atoms with Crippen LogP contribution in [0.15, 0.2) is 23.8 Å². The molecule has 302 valence electrons. The molecule has 0 bridgehead atoms. The van der Waals surface area contributed by atoms with Gasteiger partial charge in [-0.2, -0.15) is 0 Å². The standard InChI is InChI=1S/C44H60O11/c1-26-20-27(2)41(36(21-26)54-39(49)11-9-10-38(48)53-32(24-51-28(3)45)25-52-29(4)46)42(5,6)23-40(50)55-37-15-14-34-33-13-12-30-22-31(47)16-18-43(30,7)35(33)17-19-44(34,37)8/h20-22,32-35,37H,9-19,23-25H2,1-8H3/t33?,34-,35-,37?,43?,44?/m0/s1. The van der Waals surface area contributed by atoms with Crippen molar-refractivity contribution in [2.45, 2.75) is 150 Å². The molecule has 0 N–H and O–H groups in total. The number of hydrogen-bond acceptors (Lipinski definition) is 11. The van der Waals surface area contributed by atoms with Crippen molar-refractivity contribution in [1.82, 2.24) is 0 Å².